The number of aliphatic hydroxyl groups excluding tert-OH is 1. The van der Waals surface area contributed by atoms with Crippen LogP contribution >= 0.6 is 0 Å². The van der Waals surface area contributed by atoms with E-state index in [-0.39, 0.29) is 23.0 Å². The van der Waals surface area contributed by atoms with Gasteiger partial charge >= 0.3 is 5.97 Å². The lowest BCUT2D eigenvalue weighted by Gasteiger charge is -2.25. The molecule has 4 rings (SSSR count). The molecule has 1 aliphatic rings. The fourth-order valence-corrected chi connectivity index (χ4v) is 4.29. The minimum absolute atomic E-state index is 0.0210. The highest BCUT2D eigenvalue weighted by atomic mass is 16.5. The van der Waals surface area contributed by atoms with Crippen LogP contribution in [0.3, 0.4) is 0 Å². The third-order valence-electron chi connectivity index (χ3n) is 5.92. The number of hydrogen-bond acceptors (Lipinski definition) is 6. The maximum Gasteiger partial charge on any atom is 0.337 e. The van der Waals surface area contributed by atoms with Gasteiger partial charge in [0.2, 0.25) is 0 Å². The normalized spacial score (nSPS) is 16.9. The van der Waals surface area contributed by atoms with E-state index < -0.39 is 23.7 Å². The number of ketones is 1. The molecule has 0 saturated carbocycles. The smallest absolute Gasteiger partial charge is 0.337 e. The van der Waals surface area contributed by atoms with E-state index in [0.29, 0.717) is 22.6 Å². The van der Waals surface area contributed by atoms with Gasteiger partial charge in [0.05, 0.1) is 30.4 Å². The van der Waals surface area contributed by atoms with Gasteiger partial charge in [0, 0.05) is 11.3 Å². The van der Waals surface area contributed by atoms with Crippen molar-refractivity contribution in [3.8, 4) is 5.75 Å². The Bertz CT molecular complexity index is 1360. The van der Waals surface area contributed by atoms with E-state index in [1.165, 1.54) is 18.1 Å². The van der Waals surface area contributed by atoms with Crippen LogP contribution in [0.1, 0.15) is 46.9 Å². The first kappa shape index (κ1) is 24.7. The largest absolute Gasteiger partial charge is 0.507 e. The summed E-state index contributed by atoms with van der Waals surface area (Å²) in [6, 6.07) is 19.5. The minimum atomic E-state index is -0.897. The maximum absolute atomic E-state index is 13.3. The Morgan fingerprint density at radius 2 is 1.67 bits per heavy atom. The summed E-state index contributed by atoms with van der Waals surface area (Å²) in [6.07, 6.45) is -0.0210. The van der Waals surface area contributed by atoms with Crippen LogP contribution in [0.15, 0.2) is 78.4 Å². The van der Waals surface area contributed by atoms with Crippen LogP contribution < -0.4 is 9.64 Å². The van der Waals surface area contributed by atoms with Crippen LogP contribution in [-0.4, -0.2) is 36.0 Å². The van der Waals surface area contributed by atoms with Gasteiger partial charge < -0.3 is 14.6 Å². The summed E-state index contributed by atoms with van der Waals surface area (Å²) in [5, 5.41) is 11.3. The Kier molecular flexibility index (Phi) is 6.92. The molecule has 36 heavy (non-hydrogen) atoms. The molecule has 1 aliphatic heterocycles. The summed E-state index contributed by atoms with van der Waals surface area (Å²) in [5.41, 5.74) is 2.35. The monoisotopic (exact) mass is 485 g/mol. The summed E-state index contributed by atoms with van der Waals surface area (Å²) in [6.45, 7) is 5.69. The second kappa shape index (κ2) is 10.1. The molecule has 0 bridgehead atoms. The maximum atomic E-state index is 13.3. The third-order valence-corrected chi connectivity index (χ3v) is 5.92. The van der Waals surface area contributed by atoms with Crippen molar-refractivity contribution in [1.82, 2.24) is 0 Å². The van der Waals surface area contributed by atoms with E-state index in [1.54, 1.807) is 60.7 Å². The van der Waals surface area contributed by atoms with Crippen molar-refractivity contribution in [1.29, 1.82) is 0 Å². The van der Waals surface area contributed by atoms with Crippen LogP contribution in [0.5, 0.6) is 5.75 Å². The van der Waals surface area contributed by atoms with E-state index in [2.05, 4.69) is 0 Å². The number of benzene rings is 3. The fraction of sp³-hybridized carbons (Fsp3) is 0.207. The van der Waals surface area contributed by atoms with Crippen LogP contribution in [0.2, 0.25) is 0 Å². The number of nitrogens with zero attached hydrogens (tertiary/aromatic N) is 1. The zero-order chi connectivity index (χ0) is 26.0. The van der Waals surface area contributed by atoms with Gasteiger partial charge in [-0.2, -0.15) is 0 Å². The van der Waals surface area contributed by atoms with Gasteiger partial charge in [-0.3, -0.25) is 14.5 Å². The quantitative estimate of drug-likeness (QED) is 0.223. The Balaban J connectivity index is 1.88. The van der Waals surface area contributed by atoms with Crippen molar-refractivity contribution in [2.24, 2.45) is 0 Å². The molecule has 1 N–H and O–H groups in total. The number of hydrogen-bond donors (Lipinski definition) is 1. The SMILES string of the molecule is COC(=O)c1cccc(N2C(=O)C(=O)/C(=C(/O)c3ccc(OC(C)C)c(C)c3)C2c2ccccc2)c1. The molecule has 0 aliphatic carbocycles. The topological polar surface area (TPSA) is 93.1 Å². The van der Waals surface area contributed by atoms with Gasteiger partial charge in [0.15, 0.2) is 0 Å². The van der Waals surface area contributed by atoms with Gasteiger partial charge in [-0.25, -0.2) is 4.79 Å². The van der Waals surface area contributed by atoms with Gasteiger partial charge in [-0.15, -0.1) is 0 Å². The molecular weight excluding hydrogens is 458 g/mol. The minimum Gasteiger partial charge on any atom is -0.507 e. The number of esters is 1. The first-order chi connectivity index (χ1) is 17.2. The first-order valence-corrected chi connectivity index (χ1v) is 11.5. The van der Waals surface area contributed by atoms with E-state index >= 15 is 0 Å². The van der Waals surface area contributed by atoms with Crippen molar-refractivity contribution >= 4 is 29.1 Å². The zero-order valence-electron chi connectivity index (χ0n) is 20.5. The summed E-state index contributed by atoms with van der Waals surface area (Å²) in [5.74, 6) is -1.80. The predicted molar refractivity (Wildman–Crippen MR) is 136 cm³/mol. The van der Waals surface area contributed by atoms with E-state index in [9.17, 15) is 19.5 Å². The summed E-state index contributed by atoms with van der Waals surface area (Å²) in [4.78, 5) is 40.1. The summed E-state index contributed by atoms with van der Waals surface area (Å²) >= 11 is 0. The average Bonchev–Trinajstić information content (AvgIpc) is 3.15. The van der Waals surface area contributed by atoms with Gasteiger partial charge in [-0.1, -0.05) is 36.4 Å². The number of carbonyl (C=O) groups is 3. The Morgan fingerprint density at radius 1 is 0.944 bits per heavy atom. The number of ether oxygens (including phenoxy) is 2. The molecule has 1 fully saturated rings. The van der Waals surface area contributed by atoms with Crippen molar-refractivity contribution in [2.45, 2.75) is 32.9 Å². The van der Waals surface area contributed by atoms with Crippen molar-refractivity contribution < 1.29 is 29.0 Å². The highest BCUT2D eigenvalue weighted by Gasteiger charge is 2.47. The molecule has 0 radical (unpaired) electrons. The zero-order valence-corrected chi connectivity index (χ0v) is 20.5. The number of aliphatic hydroxyl groups is 1. The van der Waals surface area contributed by atoms with Crippen LogP contribution in [0.4, 0.5) is 5.69 Å². The Hall–Kier alpha value is -4.39. The molecule has 0 aromatic heterocycles. The Morgan fingerprint density at radius 3 is 2.31 bits per heavy atom. The van der Waals surface area contributed by atoms with Crippen molar-refractivity contribution in [3.63, 3.8) is 0 Å². The summed E-state index contributed by atoms with van der Waals surface area (Å²) in [7, 11) is 1.27. The predicted octanol–water partition coefficient (Wildman–Crippen LogP) is 5.20. The number of Topliss-reactive ketones (excluding diaryl/α,β-unsaturated/α-hetero) is 1. The standard InChI is InChI=1S/C29H27NO6/c1-17(2)36-23-14-13-20(15-18(23)3)26(31)24-25(19-9-6-5-7-10-19)30(28(33)27(24)32)22-12-8-11-21(16-22)29(34)35-4/h5-17,25,31H,1-4H3/b26-24+. The van der Waals surface area contributed by atoms with Crippen molar-refractivity contribution in [2.75, 3.05) is 12.0 Å². The van der Waals surface area contributed by atoms with Crippen LogP contribution in [-0.2, 0) is 14.3 Å². The number of methoxy groups -OCH3 is 1. The highest BCUT2D eigenvalue weighted by molar-refractivity contribution is 6.51. The molecule has 7 heteroatoms. The second-order valence-electron chi connectivity index (χ2n) is 8.77. The van der Waals surface area contributed by atoms with Gasteiger partial charge in [0.25, 0.3) is 11.7 Å². The number of carbonyl (C=O) groups excluding carboxylic acids is 3. The average molecular weight is 486 g/mol. The molecule has 3 aromatic rings. The molecule has 184 valence electrons. The molecule has 1 amide bonds. The van der Waals surface area contributed by atoms with E-state index in [0.717, 1.165) is 5.56 Å². The van der Waals surface area contributed by atoms with Gasteiger partial charge in [-0.05, 0) is 68.3 Å². The van der Waals surface area contributed by atoms with Crippen LogP contribution in [0, 0.1) is 6.92 Å². The molecular formula is C29H27NO6. The summed E-state index contributed by atoms with van der Waals surface area (Å²) < 4.78 is 10.6. The molecule has 1 saturated heterocycles. The molecule has 3 aromatic carbocycles. The Labute approximate surface area is 209 Å². The molecule has 1 atom stereocenters. The van der Waals surface area contributed by atoms with Crippen molar-refractivity contribution in [3.05, 3.63) is 101 Å². The number of amides is 1. The third kappa shape index (κ3) is 4.60. The number of anilines is 1. The first-order valence-electron chi connectivity index (χ1n) is 11.5. The van der Waals surface area contributed by atoms with E-state index in [1.807, 2.05) is 26.8 Å². The lowest BCUT2D eigenvalue weighted by atomic mass is 9.94. The molecule has 1 unspecified atom stereocenters. The van der Waals surface area contributed by atoms with Crippen LogP contribution in [0.25, 0.3) is 5.76 Å². The lowest BCUT2D eigenvalue weighted by molar-refractivity contribution is -0.132. The fourth-order valence-electron chi connectivity index (χ4n) is 4.29. The highest BCUT2D eigenvalue weighted by Crippen LogP contribution is 2.42. The molecule has 1 heterocycles. The molecule has 0 spiro atoms. The van der Waals surface area contributed by atoms with E-state index in [4.69, 9.17) is 9.47 Å². The molecule has 7 nitrogen and oxygen atoms in total. The number of rotatable bonds is 6. The number of aryl methyl sites for hydroxylation is 1. The van der Waals surface area contributed by atoms with Gasteiger partial charge in [0.1, 0.15) is 11.5 Å². The second-order valence-corrected chi connectivity index (χ2v) is 8.77. The lowest BCUT2D eigenvalue weighted by Crippen LogP contribution is -2.29.